The van der Waals surface area contributed by atoms with Crippen LogP contribution < -0.4 is 0 Å². The molecule has 0 atom stereocenters. The first-order valence-corrected chi connectivity index (χ1v) is 6.86. The molecule has 2 rings (SSSR count). The van der Waals surface area contributed by atoms with Gasteiger partial charge in [-0.15, -0.1) is 0 Å². The number of halogens is 1. The van der Waals surface area contributed by atoms with Gasteiger partial charge in [0, 0.05) is 31.5 Å². The Morgan fingerprint density at radius 1 is 1.30 bits per heavy atom. The van der Waals surface area contributed by atoms with E-state index in [0.717, 1.165) is 17.7 Å². The fraction of sp³-hybridized carbons (Fsp3) is 0.214. The number of rotatable bonds is 5. The van der Waals surface area contributed by atoms with E-state index in [1.54, 1.807) is 12.3 Å². The monoisotopic (exact) mass is 335 g/mol. The summed E-state index contributed by atoms with van der Waals surface area (Å²) in [4.78, 5) is 16.7. The summed E-state index contributed by atoms with van der Waals surface area (Å²) in [6, 6.07) is 8.99. The van der Waals surface area contributed by atoms with Crippen molar-refractivity contribution in [2.24, 2.45) is 0 Å². The van der Waals surface area contributed by atoms with Crippen LogP contribution in [0.5, 0.6) is 0 Å². The number of benzene rings is 1. The highest BCUT2D eigenvalue weighted by Gasteiger charge is 2.15. The molecule has 1 aromatic heterocycles. The smallest absolute Gasteiger partial charge is 0.283 e. The van der Waals surface area contributed by atoms with Crippen molar-refractivity contribution in [1.82, 2.24) is 9.88 Å². The second-order valence-electron chi connectivity index (χ2n) is 4.54. The first kappa shape index (κ1) is 14.6. The van der Waals surface area contributed by atoms with Gasteiger partial charge in [0.15, 0.2) is 0 Å². The van der Waals surface area contributed by atoms with Gasteiger partial charge in [0.1, 0.15) is 0 Å². The topological polar surface area (TPSA) is 59.3 Å². The number of pyridine rings is 1. The van der Waals surface area contributed by atoms with Crippen molar-refractivity contribution in [3.63, 3.8) is 0 Å². The third-order valence-electron chi connectivity index (χ3n) is 2.87. The van der Waals surface area contributed by atoms with Gasteiger partial charge < -0.3 is 0 Å². The van der Waals surface area contributed by atoms with Crippen molar-refractivity contribution in [3.8, 4) is 0 Å². The van der Waals surface area contributed by atoms with E-state index in [4.69, 9.17) is 0 Å². The molecule has 0 radical (unpaired) electrons. The molecule has 0 N–H and O–H groups in total. The second-order valence-corrected chi connectivity index (χ2v) is 5.33. The van der Waals surface area contributed by atoms with Crippen molar-refractivity contribution in [2.75, 3.05) is 7.05 Å². The molecule has 0 spiro atoms. The van der Waals surface area contributed by atoms with Crippen LogP contribution in [0.2, 0.25) is 0 Å². The quantitative estimate of drug-likeness (QED) is 0.620. The molecular formula is C14H14BrN3O2. The first-order chi connectivity index (χ1) is 9.58. The SMILES string of the molecule is CN(Cc1cccnc1)Cc1cccc([N+](=O)[O-])c1Br. The summed E-state index contributed by atoms with van der Waals surface area (Å²) < 4.78 is 0.544. The minimum absolute atomic E-state index is 0.0947. The van der Waals surface area contributed by atoms with Crippen LogP contribution in [0.15, 0.2) is 47.2 Å². The molecule has 2 aromatic rings. The number of nitrogens with zero attached hydrogens (tertiary/aromatic N) is 3. The van der Waals surface area contributed by atoms with Crippen LogP contribution in [0.3, 0.4) is 0 Å². The molecule has 20 heavy (non-hydrogen) atoms. The first-order valence-electron chi connectivity index (χ1n) is 6.07. The molecular weight excluding hydrogens is 322 g/mol. The van der Waals surface area contributed by atoms with E-state index in [1.165, 1.54) is 6.07 Å². The molecule has 0 unspecified atom stereocenters. The predicted molar refractivity (Wildman–Crippen MR) is 80.2 cm³/mol. The number of aromatic nitrogens is 1. The molecule has 5 nitrogen and oxygen atoms in total. The van der Waals surface area contributed by atoms with Crippen LogP contribution in [0.1, 0.15) is 11.1 Å². The summed E-state index contributed by atoms with van der Waals surface area (Å²) in [5.74, 6) is 0. The maximum atomic E-state index is 10.9. The van der Waals surface area contributed by atoms with E-state index in [0.29, 0.717) is 11.0 Å². The highest BCUT2D eigenvalue weighted by Crippen LogP contribution is 2.29. The summed E-state index contributed by atoms with van der Waals surface area (Å²) >= 11 is 3.32. The van der Waals surface area contributed by atoms with E-state index in [2.05, 4.69) is 25.8 Å². The van der Waals surface area contributed by atoms with Crippen molar-refractivity contribution in [2.45, 2.75) is 13.1 Å². The van der Waals surface area contributed by atoms with E-state index in [1.807, 2.05) is 31.4 Å². The van der Waals surface area contributed by atoms with Gasteiger partial charge in [0.05, 0.1) is 9.40 Å². The Balaban J connectivity index is 2.10. The third-order valence-corrected chi connectivity index (χ3v) is 3.79. The minimum Gasteiger partial charge on any atom is -0.298 e. The van der Waals surface area contributed by atoms with Gasteiger partial charge >= 0.3 is 0 Å². The van der Waals surface area contributed by atoms with Gasteiger partial charge in [-0.05, 0) is 40.2 Å². The predicted octanol–water partition coefficient (Wildman–Crippen LogP) is 3.38. The summed E-state index contributed by atoms with van der Waals surface area (Å²) in [5.41, 5.74) is 2.10. The summed E-state index contributed by atoms with van der Waals surface area (Å²) in [7, 11) is 1.97. The Kier molecular flexibility index (Phi) is 4.81. The molecule has 104 valence electrons. The van der Waals surface area contributed by atoms with Gasteiger partial charge in [0.25, 0.3) is 5.69 Å². The molecule has 6 heteroatoms. The number of hydrogen-bond donors (Lipinski definition) is 0. The zero-order valence-corrected chi connectivity index (χ0v) is 12.6. The maximum Gasteiger partial charge on any atom is 0.283 e. The lowest BCUT2D eigenvalue weighted by atomic mass is 10.2. The fourth-order valence-corrected chi connectivity index (χ4v) is 2.51. The molecule has 0 saturated carbocycles. The zero-order valence-electron chi connectivity index (χ0n) is 11.0. The molecule has 0 bridgehead atoms. The summed E-state index contributed by atoms with van der Waals surface area (Å²) in [6.07, 6.45) is 3.56. The number of nitro groups is 1. The lowest BCUT2D eigenvalue weighted by Gasteiger charge is -2.17. The Labute approximate surface area is 125 Å². The Morgan fingerprint density at radius 3 is 2.75 bits per heavy atom. The van der Waals surface area contributed by atoms with Crippen LogP contribution in [-0.4, -0.2) is 21.9 Å². The fourth-order valence-electron chi connectivity index (χ4n) is 1.98. The van der Waals surface area contributed by atoms with Crippen molar-refractivity contribution in [1.29, 1.82) is 0 Å². The Bertz CT molecular complexity index is 605. The Morgan fingerprint density at radius 2 is 2.10 bits per heavy atom. The minimum atomic E-state index is -0.380. The van der Waals surface area contributed by atoms with Gasteiger partial charge in [0.2, 0.25) is 0 Å². The van der Waals surface area contributed by atoms with Gasteiger partial charge in [-0.25, -0.2) is 0 Å². The highest BCUT2D eigenvalue weighted by atomic mass is 79.9. The second kappa shape index (κ2) is 6.58. The van der Waals surface area contributed by atoms with Crippen LogP contribution in [-0.2, 0) is 13.1 Å². The third kappa shape index (κ3) is 3.61. The van der Waals surface area contributed by atoms with Gasteiger partial charge in [-0.2, -0.15) is 0 Å². The van der Waals surface area contributed by atoms with E-state index in [9.17, 15) is 10.1 Å². The van der Waals surface area contributed by atoms with Crippen molar-refractivity contribution >= 4 is 21.6 Å². The van der Waals surface area contributed by atoms with Gasteiger partial charge in [-0.3, -0.25) is 20.0 Å². The van der Waals surface area contributed by atoms with Crippen LogP contribution in [0, 0.1) is 10.1 Å². The lowest BCUT2D eigenvalue weighted by Crippen LogP contribution is -2.17. The van der Waals surface area contributed by atoms with E-state index < -0.39 is 0 Å². The normalized spacial score (nSPS) is 10.8. The largest absolute Gasteiger partial charge is 0.298 e. The van der Waals surface area contributed by atoms with Crippen LogP contribution in [0.4, 0.5) is 5.69 Å². The molecule has 0 amide bonds. The van der Waals surface area contributed by atoms with Crippen molar-refractivity contribution in [3.05, 3.63) is 68.4 Å². The summed E-state index contributed by atoms with van der Waals surface area (Å²) in [5, 5.41) is 10.9. The maximum absolute atomic E-state index is 10.9. The molecule has 0 saturated heterocycles. The van der Waals surface area contributed by atoms with Crippen LogP contribution in [0.25, 0.3) is 0 Å². The standard InChI is InChI=1S/C14H14BrN3O2/c1-17(9-11-4-3-7-16-8-11)10-12-5-2-6-13(14(12)15)18(19)20/h2-8H,9-10H2,1H3. The molecule has 0 fully saturated rings. The Hall–Kier alpha value is -1.79. The number of hydrogen-bond acceptors (Lipinski definition) is 4. The molecule has 0 aliphatic rings. The average molecular weight is 336 g/mol. The van der Waals surface area contributed by atoms with E-state index >= 15 is 0 Å². The average Bonchev–Trinajstić information content (AvgIpc) is 2.42. The summed E-state index contributed by atoms with van der Waals surface area (Å²) in [6.45, 7) is 1.36. The molecule has 1 heterocycles. The van der Waals surface area contributed by atoms with Crippen LogP contribution >= 0.6 is 15.9 Å². The lowest BCUT2D eigenvalue weighted by molar-refractivity contribution is -0.385. The highest BCUT2D eigenvalue weighted by molar-refractivity contribution is 9.10. The van der Waals surface area contributed by atoms with Gasteiger partial charge in [-0.1, -0.05) is 18.2 Å². The molecule has 0 aliphatic heterocycles. The van der Waals surface area contributed by atoms with Crippen molar-refractivity contribution < 1.29 is 4.92 Å². The number of nitro benzene ring substituents is 1. The zero-order chi connectivity index (χ0) is 14.5. The molecule has 1 aromatic carbocycles. The molecule has 0 aliphatic carbocycles. The van der Waals surface area contributed by atoms with E-state index in [-0.39, 0.29) is 10.6 Å².